The smallest absolute Gasteiger partial charge is 0.338 e. The number of fused-ring (bicyclic) bond motifs is 1. The number of ether oxygens (including phenoxy) is 3. The number of nitrogens with zero attached hydrogens (tertiary/aromatic N) is 4. The summed E-state index contributed by atoms with van der Waals surface area (Å²) in [6.07, 6.45) is 6.11. The number of esters is 2. The average Bonchev–Trinajstić information content (AvgIpc) is 3.40. The zero-order chi connectivity index (χ0) is 26.9. The minimum absolute atomic E-state index is 0.289. The monoisotopic (exact) mass is 525 g/mol. The maximum absolute atomic E-state index is 16.7. The lowest BCUT2D eigenvalue weighted by Crippen LogP contribution is -2.55. The van der Waals surface area contributed by atoms with Crippen molar-refractivity contribution in [3.8, 4) is 0 Å². The average molecular weight is 526 g/mol. The van der Waals surface area contributed by atoms with Crippen LogP contribution in [0.25, 0.3) is 11.2 Å². The Morgan fingerprint density at radius 2 is 1.87 bits per heavy atom. The largest absolute Gasteiger partial charge is 0.459 e. The van der Waals surface area contributed by atoms with E-state index in [4.69, 9.17) is 14.2 Å². The third-order valence-electron chi connectivity index (χ3n) is 7.63. The minimum Gasteiger partial charge on any atom is -0.459 e. The first-order chi connectivity index (χ1) is 18.2. The van der Waals surface area contributed by atoms with Crippen molar-refractivity contribution in [2.24, 2.45) is 0 Å². The maximum atomic E-state index is 16.7. The standard InChI is InChI=1S/C27H32FN5O5/c1-17(34)38-27(3)20(14-36-24(35)18-10-6-4-7-11-18)37-25(26(27,2)28)33-16-31-21-22(29-15-30-23(21)33)32-19-12-8-5-9-13-19/h4,6-7,10-11,15-16,19-20,25H,5,8-9,12-14H2,1-3H3,(H,29,30,32)/t20-,25+,26+,27-/m1/s1. The SMILES string of the molecule is CC(=O)O[C@]1(C)[C@@H](COC(=O)c2ccccc2)O[C@H](n2cnc3c(NC4CCCCC4)ncnc32)[C@]1(C)F. The van der Waals surface area contributed by atoms with Crippen LogP contribution in [0.5, 0.6) is 0 Å². The molecule has 0 amide bonds. The Balaban J connectivity index is 1.43. The molecule has 1 aromatic carbocycles. The highest BCUT2D eigenvalue weighted by Crippen LogP contribution is 2.51. The van der Waals surface area contributed by atoms with Gasteiger partial charge in [-0.1, -0.05) is 37.5 Å². The van der Waals surface area contributed by atoms with Gasteiger partial charge in [0.25, 0.3) is 0 Å². The molecule has 0 bridgehead atoms. The highest BCUT2D eigenvalue weighted by atomic mass is 19.1. The van der Waals surface area contributed by atoms with E-state index in [0.29, 0.717) is 22.5 Å². The Morgan fingerprint density at radius 3 is 2.58 bits per heavy atom. The Morgan fingerprint density at radius 1 is 1.13 bits per heavy atom. The first-order valence-corrected chi connectivity index (χ1v) is 12.9. The van der Waals surface area contributed by atoms with E-state index in [1.807, 2.05) is 0 Å². The van der Waals surface area contributed by atoms with Crippen LogP contribution < -0.4 is 5.32 Å². The van der Waals surface area contributed by atoms with Gasteiger partial charge in [0.15, 0.2) is 34.5 Å². The number of benzene rings is 1. The number of imidazole rings is 1. The molecule has 11 heteroatoms. The molecule has 3 aromatic rings. The molecule has 2 fully saturated rings. The van der Waals surface area contributed by atoms with Crippen molar-refractivity contribution in [1.82, 2.24) is 19.5 Å². The summed E-state index contributed by atoms with van der Waals surface area (Å²) in [7, 11) is 0. The van der Waals surface area contributed by atoms with Gasteiger partial charge < -0.3 is 19.5 Å². The van der Waals surface area contributed by atoms with Crippen LogP contribution in [0.2, 0.25) is 0 Å². The van der Waals surface area contributed by atoms with Crippen LogP contribution in [-0.4, -0.2) is 61.5 Å². The van der Waals surface area contributed by atoms with Crippen LogP contribution in [0.1, 0.15) is 69.5 Å². The van der Waals surface area contributed by atoms with Gasteiger partial charge in [-0.3, -0.25) is 9.36 Å². The number of anilines is 1. The number of rotatable bonds is 7. The van der Waals surface area contributed by atoms with Crippen LogP contribution in [0.4, 0.5) is 10.2 Å². The first-order valence-electron chi connectivity index (χ1n) is 12.9. The van der Waals surface area contributed by atoms with E-state index >= 15 is 4.39 Å². The maximum Gasteiger partial charge on any atom is 0.338 e. The second-order valence-electron chi connectivity index (χ2n) is 10.2. The predicted molar refractivity (Wildman–Crippen MR) is 136 cm³/mol. The van der Waals surface area contributed by atoms with Crippen LogP contribution >= 0.6 is 0 Å². The molecule has 0 radical (unpaired) electrons. The van der Waals surface area contributed by atoms with Crippen LogP contribution in [0, 0.1) is 0 Å². The summed E-state index contributed by atoms with van der Waals surface area (Å²) in [6.45, 7) is 3.61. The Bertz CT molecular complexity index is 1310. The van der Waals surface area contributed by atoms with Gasteiger partial charge in [-0.25, -0.2) is 24.1 Å². The summed E-state index contributed by atoms with van der Waals surface area (Å²) in [6, 6.07) is 8.72. The van der Waals surface area contributed by atoms with Crippen molar-refractivity contribution in [1.29, 1.82) is 0 Å². The van der Waals surface area contributed by atoms with E-state index in [1.165, 1.54) is 44.4 Å². The van der Waals surface area contributed by atoms with E-state index in [1.54, 1.807) is 30.3 Å². The van der Waals surface area contributed by atoms with Gasteiger partial charge in [0.2, 0.25) is 0 Å². The number of carbonyl (C=O) groups is 2. The molecule has 38 heavy (non-hydrogen) atoms. The molecule has 2 aromatic heterocycles. The number of alkyl halides is 1. The minimum atomic E-state index is -2.24. The number of halogens is 1. The second kappa shape index (κ2) is 10.3. The van der Waals surface area contributed by atoms with Gasteiger partial charge in [-0.05, 0) is 38.8 Å². The fourth-order valence-corrected chi connectivity index (χ4v) is 5.34. The first kappa shape index (κ1) is 26.0. The molecule has 1 aliphatic heterocycles. The summed E-state index contributed by atoms with van der Waals surface area (Å²) >= 11 is 0. The highest BCUT2D eigenvalue weighted by molar-refractivity contribution is 5.89. The summed E-state index contributed by atoms with van der Waals surface area (Å²) in [5, 5.41) is 3.46. The van der Waals surface area contributed by atoms with Crippen molar-refractivity contribution in [2.45, 2.75) is 82.5 Å². The van der Waals surface area contributed by atoms with Gasteiger partial charge in [0.05, 0.1) is 11.9 Å². The van der Waals surface area contributed by atoms with E-state index in [-0.39, 0.29) is 12.6 Å². The van der Waals surface area contributed by atoms with E-state index in [2.05, 4.69) is 20.3 Å². The third-order valence-corrected chi connectivity index (χ3v) is 7.63. The zero-order valence-corrected chi connectivity index (χ0v) is 21.7. The van der Waals surface area contributed by atoms with E-state index in [0.717, 1.165) is 25.7 Å². The van der Waals surface area contributed by atoms with Gasteiger partial charge in [-0.15, -0.1) is 0 Å². The topological polar surface area (TPSA) is 117 Å². The zero-order valence-electron chi connectivity index (χ0n) is 21.7. The molecular formula is C27H32FN5O5. The quantitative estimate of drug-likeness (QED) is 0.449. The normalized spacial score (nSPS) is 27.8. The predicted octanol–water partition coefficient (Wildman–Crippen LogP) is 4.38. The molecule has 0 spiro atoms. The number of hydrogen-bond acceptors (Lipinski definition) is 9. The van der Waals surface area contributed by atoms with E-state index < -0.39 is 35.5 Å². The molecule has 3 heterocycles. The fourth-order valence-electron chi connectivity index (χ4n) is 5.34. The summed E-state index contributed by atoms with van der Waals surface area (Å²) in [5.41, 5.74) is -2.80. The van der Waals surface area contributed by atoms with Gasteiger partial charge in [0.1, 0.15) is 19.0 Å². The molecule has 2 aliphatic rings. The van der Waals surface area contributed by atoms with Gasteiger partial charge >= 0.3 is 11.9 Å². The molecule has 1 saturated carbocycles. The lowest BCUT2D eigenvalue weighted by atomic mass is 9.84. The van der Waals surface area contributed by atoms with Crippen molar-refractivity contribution >= 4 is 28.9 Å². The van der Waals surface area contributed by atoms with Crippen LogP contribution in [-0.2, 0) is 19.0 Å². The molecule has 5 rings (SSSR count). The van der Waals surface area contributed by atoms with Gasteiger partial charge in [-0.2, -0.15) is 0 Å². The van der Waals surface area contributed by atoms with Crippen LogP contribution in [0.3, 0.4) is 0 Å². The molecule has 1 aliphatic carbocycles. The molecule has 1 saturated heterocycles. The van der Waals surface area contributed by atoms with Crippen molar-refractivity contribution in [3.05, 3.63) is 48.5 Å². The van der Waals surface area contributed by atoms with Crippen molar-refractivity contribution in [3.63, 3.8) is 0 Å². The summed E-state index contributed by atoms with van der Waals surface area (Å²) in [5.74, 6) is -0.699. The molecule has 0 unspecified atom stereocenters. The van der Waals surface area contributed by atoms with Crippen molar-refractivity contribution in [2.75, 3.05) is 11.9 Å². The molecule has 4 atom stereocenters. The molecule has 10 nitrogen and oxygen atoms in total. The van der Waals surface area contributed by atoms with Crippen molar-refractivity contribution < 1.29 is 28.2 Å². The van der Waals surface area contributed by atoms with E-state index in [9.17, 15) is 9.59 Å². The number of aromatic nitrogens is 4. The molecule has 1 N–H and O–H groups in total. The molecule has 202 valence electrons. The number of carbonyl (C=O) groups excluding carboxylic acids is 2. The number of hydrogen-bond donors (Lipinski definition) is 1. The Labute approximate surface area is 219 Å². The van der Waals surface area contributed by atoms with Gasteiger partial charge in [0, 0.05) is 13.0 Å². The Kier molecular flexibility index (Phi) is 7.04. The third kappa shape index (κ3) is 4.70. The lowest BCUT2D eigenvalue weighted by molar-refractivity contribution is -0.175. The fraction of sp³-hybridized carbons (Fsp3) is 0.519. The summed E-state index contributed by atoms with van der Waals surface area (Å²) in [4.78, 5) is 37.8. The highest BCUT2D eigenvalue weighted by Gasteiger charge is 2.66. The summed E-state index contributed by atoms with van der Waals surface area (Å²) < 4.78 is 35.3. The second-order valence-corrected chi connectivity index (χ2v) is 10.2. The lowest BCUT2D eigenvalue weighted by Gasteiger charge is -2.36. The molecular weight excluding hydrogens is 493 g/mol. The van der Waals surface area contributed by atoms with Crippen LogP contribution in [0.15, 0.2) is 43.0 Å². The number of nitrogens with one attached hydrogen (secondary N) is 1. The Hall–Kier alpha value is -3.60.